The Kier molecular flexibility index (Phi) is 3.49. The summed E-state index contributed by atoms with van der Waals surface area (Å²) in [5, 5.41) is 1.06. The Hall–Kier alpha value is -1.03. The molecule has 16 heavy (non-hydrogen) atoms. The molecule has 0 aliphatic carbocycles. The van der Waals surface area contributed by atoms with Crippen molar-refractivity contribution in [3.8, 4) is 0 Å². The number of nitrogens with one attached hydrogen (secondary N) is 1. The molecule has 2 aromatic rings. The van der Waals surface area contributed by atoms with Gasteiger partial charge in [-0.25, -0.2) is 4.98 Å². The number of H-pyrrole nitrogens is 1. The van der Waals surface area contributed by atoms with Crippen molar-refractivity contribution in [1.29, 1.82) is 0 Å². The fourth-order valence-corrected chi connectivity index (χ4v) is 1.80. The van der Waals surface area contributed by atoms with Gasteiger partial charge in [-0.2, -0.15) is 0 Å². The van der Waals surface area contributed by atoms with E-state index in [2.05, 4.69) is 9.97 Å². The fourth-order valence-electron chi connectivity index (χ4n) is 1.49. The van der Waals surface area contributed by atoms with E-state index in [1.165, 1.54) is 0 Å². The third kappa shape index (κ3) is 2.55. The maximum Gasteiger partial charge on any atom is 0.0923 e. The van der Waals surface area contributed by atoms with Gasteiger partial charge in [-0.1, -0.05) is 29.3 Å². The molecule has 1 aromatic heterocycles. The van der Waals surface area contributed by atoms with Gasteiger partial charge in [0.25, 0.3) is 0 Å². The average molecular weight is 256 g/mol. The van der Waals surface area contributed by atoms with Gasteiger partial charge < -0.3 is 10.7 Å². The van der Waals surface area contributed by atoms with Crippen LogP contribution in [0.2, 0.25) is 10.0 Å². The molecule has 0 bridgehead atoms. The molecule has 0 saturated heterocycles. The Labute approximate surface area is 104 Å². The number of aromatic nitrogens is 2. The zero-order valence-electron chi connectivity index (χ0n) is 8.45. The van der Waals surface area contributed by atoms with Crippen LogP contribution >= 0.6 is 23.2 Å². The van der Waals surface area contributed by atoms with Crippen LogP contribution in [0.5, 0.6) is 0 Å². The first kappa shape index (κ1) is 11.5. The number of hydrogen-bond donors (Lipinski definition) is 2. The van der Waals surface area contributed by atoms with Gasteiger partial charge in [0.15, 0.2) is 0 Å². The summed E-state index contributed by atoms with van der Waals surface area (Å²) in [4.78, 5) is 7.02. The number of benzene rings is 1. The lowest BCUT2D eigenvalue weighted by Crippen LogP contribution is -2.13. The minimum absolute atomic E-state index is 0.127. The molecular weight excluding hydrogens is 245 g/mol. The van der Waals surface area contributed by atoms with Gasteiger partial charge in [-0.05, 0) is 17.7 Å². The molecule has 1 heterocycles. The van der Waals surface area contributed by atoms with Crippen molar-refractivity contribution in [1.82, 2.24) is 9.97 Å². The molecule has 0 aliphatic heterocycles. The molecule has 3 N–H and O–H groups in total. The zero-order chi connectivity index (χ0) is 11.5. The second kappa shape index (κ2) is 4.87. The fraction of sp³-hybridized carbons (Fsp3) is 0.182. The molecule has 1 aromatic carbocycles. The number of aromatic amines is 1. The summed E-state index contributed by atoms with van der Waals surface area (Å²) in [6.45, 7) is 0. The van der Waals surface area contributed by atoms with Crippen molar-refractivity contribution in [2.45, 2.75) is 12.5 Å². The highest BCUT2D eigenvalue weighted by Crippen LogP contribution is 2.25. The van der Waals surface area contributed by atoms with Crippen LogP contribution in [0.4, 0.5) is 0 Å². The van der Waals surface area contributed by atoms with Crippen molar-refractivity contribution >= 4 is 23.2 Å². The number of nitrogens with zero attached hydrogens (tertiary/aromatic N) is 1. The van der Waals surface area contributed by atoms with E-state index < -0.39 is 0 Å². The van der Waals surface area contributed by atoms with E-state index in [4.69, 9.17) is 28.9 Å². The third-order valence-electron chi connectivity index (χ3n) is 2.36. The molecule has 1 unspecified atom stereocenters. The lowest BCUT2D eigenvalue weighted by molar-refractivity contribution is 0.710. The normalized spacial score (nSPS) is 12.7. The van der Waals surface area contributed by atoms with E-state index in [1.54, 1.807) is 18.5 Å². The van der Waals surface area contributed by atoms with Crippen LogP contribution in [0, 0.1) is 0 Å². The number of hydrogen-bond acceptors (Lipinski definition) is 2. The van der Waals surface area contributed by atoms with E-state index in [9.17, 15) is 0 Å². The van der Waals surface area contributed by atoms with Gasteiger partial charge in [-0.3, -0.25) is 0 Å². The van der Waals surface area contributed by atoms with Crippen LogP contribution in [0.15, 0.2) is 30.7 Å². The van der Waals surface area contributed by atoms with Crippen LogP contribution in [0.25, 0.3) is 0 Å². The highest BCUT2D eigenvalue weighted by atomic mass is 35.5. The predicted molar refractivity (Wildman–Crippen MR) is 65.7 cm³/mol. The van der Waals surface area contributed by atoms with Crippen LogP contribution in [0.3, 0.4) is 0 Å². The summed E-state index contributed by atoms with van der Waals surface area (Å²) < 4.78 is 0. The first-order valence-electron chi connectivity index (χ1n) is 4.85. The van der Waals surface area contributed by atoms with Gasteiger partial charge in [0.2, 0.25) is 0 Å². The maximum atomic E-state index is 6.05. The van der Waals surface area contributed by atoms with Crippen LogP contribution < -0.4 is 5.73 Å². The number of halogens is 2. The number of rotatable bonds is 3. The van der Waals surface area contributed by atoms with Gasteiger partial charge >= 0.3 is 0 Å². The summed E-state index contributed by atoms with van der Waals surface area (Å²) in [7, 11) is 0. The standard InChI is InChI=1S/C11H11Cl2N3/c12-9-2-1-7(3-10(9)13)11(14)4-8-5-15-6-16-8/h1-3,5-6,11H,4,14H2,(H,15,16). The number of imidazole rings is 1. The summed E-state index contributed by atoms with van der Waals surface area (Å²) in [5.41, 5.74) is 7.93. The second-order valence-corrected chi connectivity index (χ2v) is 4.36. The zero-order valence-corrected chi connectivity index (χ0v) is 9.96. The monoisotopic (exact) mass is 255 g/mol. The van der Waals surface area contributed by atoms with Crippen LogP contribution in [0.1, 0.15) is 17.3 Å². The minimum atomic E-state index is -0.127. The molecule has 0 fully saturated rings. The summed E-state index contributed by atoms with van der Waals surface area (Å²) >= 11 is 11.8. The number of nitrogens with two attached hydrogens (primary N) is 1. The van der Waals surface area contributed by atoms with E-state index in [-0.39, 0.29) is 6.04 Å². The molecule has 0 amide bonds. The van der Waals surface area contributed by atoms with E-state index in [0.717, 1.165) is 11.3 Å². The summed E-state index contributed by atoms with van der Waals surface area (Å²) in [5.74, 6) is 0. The van der Waals surface area contributed by atoms with Crippen LogP contribution in [-0.2, 0) is 6.42 Å². The molecule has 0 spiro atoms. The Morgan fingerprint density at radius 1 is 1.31 bits per heavy atom. The highest BCUT2D eigenvalue weighted by molar-refractivity contribution is 6.42. The van der Waals surface area contributed by atoms with E-state index in [0.29, 0.717) is 16.5 Å². The molecular formula is C11H11Cl2N3. The highest BCUT2D eigenvalue weighted by Gasteiger charge is 2.09. The van der Waals surface area contributed by atoms with E-state index in [1.807, 2.05) is 12.3 Å². The molecule has 0 radical (unpaired) electrons. The van der Waals surface area contributed by atoms with Gasteiger partial charge in [-0.15, -0.1) is 0 Å². The molecule has 0 saturated carbocycles. The third-order valence-corrected chi connectivity index (χ3v) is 3.09. The van der Waals surface area contributed by atoms with Crippen molar-refractivity contribution in [3.05, 3.63) is 52.0 Å². The van der Waals surface area contributed by atoms with Crippen molar-refractivity contribution in [2.24, 2.45) is 5.73 Å². The minimum Gasteiger partial charge on any atom is -0.351 e. The predicted octanol–water partition coefficient (Wildman–Crippen LogP) is 2.96. The Morgan fingerprint density at radius 3 is 2.75 bits per heavy atom. The largest absolute Gasteiger partial charge is 0.351 e. The summed E-state index contributed by atoms with van der Waals surface area (Å²) in [6, 6.07) is 5.30. The van der Waals surface area contributed by atoms with Crippen molar-refractivity contribution < 1.29 is 0 Å². The quantitative estimate of drug-likeness (QED) is 0.886. The second-order valence-electron chi connectivity index (χ2n) is 3.54. The molecule has 3 nitrogen and oxygen atoms in total. The molecule has 2 rings (SSSR count). The Bertz CT molecular complexity index is 468. The first-order valence-corrected chi connectivity index (χ1v) is 5.60. The van der Waals surface area contributed by atoms with E-state index >= 15 is 0 Å². The van der Waals surface area contributed by atoms with Crippen molar-refractivity contribution in [2.75, 3.05) is 0 Å². The van der Waals surface area contributed by atoms with Crippen LogP contribution in [-0.4, -0.2) is 9.97 Å². The smallest absolute Gasteiger partial charge is 0.0923 e. The van der Waals surface area contributed by atoms with Gasteiger partial charge in [0, 0.05) is 18.7 Å². The topological polar surface area (TPSA) is 54.7 Å². The molecule has 0 aliphatic rings. The first-order chi connectivity index (χ1) is 7.66. The lowest BCUT2D eigenvalue weighted by atomic mass is 10.0. The molecule has 5 heteroatoms. The SMILES string of the molecule is NC(Cc1c[nH]cn1)c1ccc(Cl)c(Cl)c1. The summed E-state index contributed by atoms with van der Waals surface area (Å²) in [6.07, 6.45) is 4.13. The Morgan fingerprint density at radius 2 is 2.12 bits per heavy atom. The average Bonchev–Trinajstić information content (AvgIpc) is 2.74. The lowest BCUT2D eigenvalue weighted by Gasteiger charge is -2.11. The Balaban J connectivity index is 2.14. The van der Waals surface area contributed by atoms with Gasteiger partial charge in [0.05, 0.1) is 22.1 Å². The van der Waals surface area contributed by atoms with Crippen molar-refractivity contribution in [3.63, 3.8) is 0 Å². The maximum absolute atomic E-state index is 6.05. The van der Waals surface area contributed by atoms with Gasteiger partial charge in [0.1, 0.15) is 0 Å². The molecule has 84 valence electrons. The molecule has 1 atom stereocenters.